The second-order valence-corrected chi connectivity index (χ2v) is 3.70. The summed E-state index contributed by atoms with van der Waals surface area (Å²) in [6.07, 6.45) is -0.372. The SMILES string of the molecule is CC(=O)OC(CCl)COCc1ccccc1. The van der Waals surface area contributed by atoms with Crippen molar-refractivity contribution < 1.29 is 14.3 Å². The molecule has 0 amide bonds. The first-order chi connectivity index (χ1) is 7.72. The van der Waals surface area contributed by atoms with E-state index in [-0.39, 0.29) is 18.0 Å². The summed E-state index contributed by atoms with van der Waals surface area (Å²) in [5.74, 6) is -0.0945. The standard InChI is InChI=1S/C12H15ClO3/c1-10(14)16-12(7-13)9-15-8-11-5-3-2-4-6-11/h2-6,12H,7-9H2,1H3. The number of esters is 1. The maximum Gasteiger partial charge on any atom is 0.303 e. The zero-order valence-corrected chi connectivity index (χ0v) is 9.94. The van der Waals surface area contributed by atoms with E-state index in [1.165, 1.54) is 6.92 Å². The molecular weight excluding hydrogens is 228 g/mol. The Morgan fingerprint density at radius 2 is 2.06 bits per heavy atom. The molecule has 1 unspecified atom stereocenters. The number of ether oxygens (including phenoxy) is 2. The van der Waals surface area contributed by atoms with E-state index in [0.717, 1.165) is 5.56 Å². The molecule has 0 N–H and O–H groups in total. The van der Waals surface area contributed by atoms with E-state index in [4.69, 9.17) is 21.1 Å². The third kappa shape index (κ3) is 5.14. The molecule has 0 radical (unpaired) electrons. The van der Waals surface area contributed by atoms with E-state index >= 15 is 0 Å². The first-order valence-corrected chi connectivity index (χ1v) is 5.60. The highest BCUT2D eigenvalue weighted by atomic mass is 35.5. The van der Waals surface area contributed by atoms with Crippen LogP contribution in [-0.2, 0) is 20.9 Å². The van der Waals surface area contributed by atoms with Crippen LogP contribution in [0.5, 0.6) is 0 Å². The third-order valence-electron chi connectivity index (χ3n) is 1.92. The molecule has 88 valence electrons. The fourth-order valence-electron chi connectivity index (χ4n) is 1.23. The number of benzene rings is 1. The average Bonchev–Trinajstić information content (AvgIpc) is 2.28. The topological polar surface area (TPSA) is 35.5 Å². The third-order valence-corrected chi connectivity index (χ3v) is 2.26. The highest BCUT2D eigenvalue weighted by Crippen LogP contribution is 2.03. The smallest absolute Gasteiger partial charge is 0.303 e. The van der Waals surface area contributed by atoms with Crippen molar-refractivity contribution in [1.29, 1.82) is 0 Å². The van der Waals surface area contributed by atoms with E-state index in [1.54, 1.807) is 0 Å². The lowest BCUT2D eigenvalue weighted by molar-refractivity contribution is -0.148. The van der Waals surface area contributed by atoms with Gasteiger partial charge in [-0.1, -0.05) is 30.3 Å². The number of hydrogen-bond acceptors (Lipinski definition) is 3. The quantitative estimate of drug-likeness (QED) is 0.568. The van der Waals surface area contributed by atoms with Crippen LogP contribution in [0, 0.1) is 0 Å². The van der Waals surface area contributed by atoms with E-state index in [1.807, 2.05) is 30.3 Å². The first kappa shape index (κ1) is 13.0. The molecular formula is C12H15ClO3. The Hall–Kier alpha value is -1.06. The molecule has 0 bridgehead atoms. The lowest BCUT2D eigenvalue weighted by atomic mass is 10.2. The monoisotopic (exact) mass is 242 g/mol. The minimum atomic E-state index is -0.372. The van der Waals surface area contributed by atoms with Gasteiger partial charge in [0.25, 0.3) is 0 Å². The number of hydrogen-bond donors (Lipinski definition) is 0. The van der Waals surface area contributed by atoms with Gasteiger partial charge >= 0.3 is 5.97 Å². The van der Waals surface area contributed by atoms with Gasteiger partial charge in [0, 0.05) is 6.92 Å². The number of halogens is 1. The molecule has 0 spiro atoms. The van der Waals surface area contributed by atoms with Gasteiger partial charge in [0.2, 0.25) is 0 Å². The Kier molecular flexibility index (Phi) is 5.90. The summed E-state index contributed by atoms with van der Waals surface area (Å²) in [5, 5.41) is 0. The van der Waals surface area contributed by atoms with Gasteiger partial charge < -0.3 is 9.47 Å². The molecule has 1 aromatic rings. The fraction of sp³-hybridized carbons (Fsp3) is 0.417. The van der Waals surface area contributed by atoms with Crippen molar-refractivity contribution >= 4 is 17.6 Å². The van der Waals surface area contributed by atoms with Crippen LogP contribution in [-0.4, -0.2) is 24.6 Å². The average molecular weight is 243 g/mol. The summed E-state index contributed by atoms with van der Waals surface area (Å²) in [6.45, 7) is 2.17. The van der Waals surface area contributed by atoms with E-state index < -0.39 is 0 Å². The van der Waals surface area contributed by atoms with Crippen molar-refractivity contribution in [3.05, 3.63) is 35.9 Å². The molecule has 0 aliphatic heterocycles. The molecule has 16 heavy (non-hydrogen) atoms. The minimum Gasteiger partial charge on any atom is -0.459 e. The van der Waals surface area contributed by atoms with Gasteiger partial charge in [0.15, 0.2) is 0 Å². The Morgan fingerprint density at radius 3 is 2.62 bits per heavy atom. The molecule has 0 aliphatic rings. The fourth-order valence-corrected chi connectivity index (χ4v) is 1.38. The number of rotatable bonds is 6. The van der Waals surface area contributed by atoms with Crippen LogP contribution < -0.4 is 0 Å². The highest BCUT2D eigenvalue weighted by Gasteiger charge is 2.10. The first-order valence-electron chi connectivity index (χ1n) is 5.07. The second kappa shape index (κ2) is 7.25. The summed E-state index contributed by atoms with van der Waals surface area (Å²) in [5.41, 5.74) is 1.08. The summed E-state index contributed by atoms with van der Waals surface area (Å²) in [4.78, 5) is 10.7. The predicted molar refractivity (Wildman–Crippen MR) is 62.4 cm³/mol. The normalized spacial score (nSPS) is 12.1. The Morgan fingerprint density at radius 1 is 1.38 bits per heavy atom. The van der Waals surface area contributed by atoms with Gasteiger partial charge in [-0.3, -0.25) is 4.79 Å². The summed E-state index contributed by atoms with van der Waals surface area (Å²) in [7, 11) is 0. The Balaban J connectivity index is 2.26. The maximum atomic E-state index is 10.7. The number of carbonyl (C=O) groups excluding carboxylic acids is 1. The summed E-state index contributed by atoms with van der Waals surface area (Å²) < 4.78 is 10.4. The van der Waals surface area contributed by atoms with Crippen LogP contribution in [0.2, 0.25) is 0 Å². The summed E-state index contributed by atoms with van der Waals surface area (Å²) >= 11 is 5.64. The molecule has 0 saturated carbocycles. The van der Waals surface area contributed by atoms with Crippen molar-refractivity contribution in [1.82, 2.24) is 0 Å². The maximum absolute atomic E-state index is 10.7. The Labute approximate surface area is 100 Å². The van der Waals surface area contributed by atoms with Gasteiger partial charge in [0.1, 0.15) is 6.10 Å². The molecule has 0 saturated heterocycles. The van der Waals surface area contributed by atoms with Crippen LogP contribution in [0.25, 0.3) is 0 Å². The molecule has 0 heterocycles. The summed E-state index contributed by atoms with van der Waals surface area (Å²) in [6, 6.07) is 9.79. The van der Waals surface area contributed by atoms with Gasteiger partial charge in [0.05, 0.1) is 19.1 Å². The van der Waals surface area contributed by atoms with Gasteiger partial charge in [-0.15, -0.1) is 11.6 Å². The lowest BCUT2D eigenvalue weighted by Gasteiger charge is -2.14. The van der Waals surface area contributed by atoms with Gasteiger partial charge in [-0.2, -0.15) is 0 Å². The van der Waals surface area contributed by atoms with Crippen molar-refractivity contribution in [3.8, 4) is 0 Å². The largest absolute Gasteiger partial charge is 0.459 e. The van der Waals surface area contributed by atoms with Crippen molar-refractivity contribution in [2.75, 3.05) is 12.5 Å². The van der Waals surface area contributed by atoms with Gasteiger partial charge in [-0.25, -0.2) is 0 Å². The zero-order chi connectivity index (χ0) is 11.8. The van der Waals surface area contributed by atoms with Gasteiger partial charge in [-0.05, 0) is 5.56 Å². The highest BCUT2D eigenvalue weighted by molar-refractivity contribution is 6.18. The van der Waals surface area contributed by atoms with Crippen molar-refractivity contribution in [3.63, 3.8) is 0 Å². The molecule has 4 heteroatoms. The Bertz CT molecular complexity index is 313. The molecule has 0 aliphatic carbocycles. The van der Waals surface area contributed by atoms with Crippen LogP contribution in [0.1, 0.15) is 12.5 Å². The molecule has 1 rings (SSSR count). The lowest BCUT2D eigenvalue weighted by Crippen LogP contribution is -2.23. The van der Waals surface area contributed by atoms with E-state index in [0.29, 0.717) is 13.2 Å². The predicted octanol–water partition coefficient (Wildman–Crippen LogP) is 2.37. The van der Waals surface area contributed by atoms with Crippen LogP contribution in [0.3, 0.4) is 0 Å². The van der Waals surface area contributed by atoms with Crippen molar-refractivity contribution in [2.45, 2.75) is 19.6 Å². The van der Waals surface area contributed by atoms with Crippen LogP contribution in [0.15, 0.2) is 30.3 Å². The van der Waals surface area contributed by atoms with E-state index in [9.17, 15) is 4.79 Å². The second-order valence-electron chi connectivity index (χ2n) is 3.39. The van der Waals surface area contributed by atoms with Crippen molar-refractivity contribution in [2.24, 2.45) is 0 Å². The number of carbonyl (C=O) groups is 1. The molecule has 0 aromatic heterocycles. The molecule has 1 atom stereocenters. The zero-order valence-electron chi connectivity index (χ0n) is 9.19. The van der Waals surface area contributed by atoms with Crippen LogP contribution in [0.4, 0.5) is 0 Å². The number of alkyl halides is 1. The molecule has 1 aromatic carbocycles. The van der Waals surface area contributed by atoms with E-state index in [2.05, 4.69) is 0 Å². The molecule has 0 fully saturated rings. The minimum absolute atomic E-state index is 0.244. The van der Waals surface area contributed by atoms with Crippen LogP contribution >= 0.6 is 11.6 Å². The molecule has 3 nitrogen and oxygen atoms in total.